The molecule has 4 nitrogen and oxygen atoms in total. The largest absolute Gasteiger partial charge is 0.265 e. The van der Waals surface area contributed by atoms with Crippen LogP contribution < -0.4 is 4.72 Å². The Morgan fingerprint density at radius 3 is 2.17 bits per heavy atom. The average molecular weight is 416 g/mol. The van der Waals surface area contributed by atoms with Gasteiger partial charge in [-0.3, -0.25) is 9.71 Å². The summed E-state index contributed by atoms with van der Waals surface area (Å²) in [5.41, 5.74) is 0.694. The molecule has 122 valence electrons. The fraction of sp³-hybridized carbons (Fsp3) is 0.188. The van der Waals surface area contributed by atoms with E-state index >= 15 is 0 Å². The summed E-state index contributed by atoms with van der Waals surface area (Å²) in [5, 5.41) is 0.480. The highest BCUT2D eigenvalue weighted by Crippen LogP contribution is 2.16. The standard InChI is InChI=1S/C16H16BrClN2O2S/c1-11(2)19-16(12-3-5-13(17)6-4-12)20-23(21,22)15-9-7-14(18)8-10-15/h3-11H,1-2H3,(H,19,20). The maximum absolute atomic E-state index is 12.5. The number of aliphatic imine (C=N–C) groups is 1. The second kappa shape index (κ2) is 7.47. The van der Waals surface area contributed by atoms with E-state index in [1.807, 2.05) is 26.0 Å². The highest BCUT2D eigenvalue weighted by Gasteiger charge is 2.17. The van der Waals surface area contributed by atoms with Gasteiger partial charge in [0.1, 0.15) is 5.84 Å². The van der Waals surface area contributed by atoms with Crippen LogP contribution >= 0.6 is 27.5 Å². The molecule has 1 N–H and O–H groups in total. The van der Waals surface area contributed by atoms with Crippen LogP contribution in [-0.2, 0) is 10.0 Å². The van der Waals surface area contributed by atoms with Crippen LogP contribution in [0.4, 0.5) is 0 Å². The van der Waals surface area contributed by atoms with E-state index in [-0.39, 0.29) is 10.9 Å². The summed E-state index contributed by atoms with van der Waals surface area (Å²) in [4.78, 5) is 4.52. The molecule has 0 heterocycles. The van der Waals surface area contributed by atoms with Gasteiger partial charge in [-0.15, -0.1) is 0 Å². The maximum atomic E-state index is 12.5. The molecule has 0 saturated carbocycles. The fourth-order valence-electron chi connectivity index (χ4n) is 1.83. The molecule has 2 rings (SSSR count). The fourth-order valence-corrected chi connectivity index (χ4v) is 3.25. The Hall–Kier alpha value is -1.37. The average Bonchev–Trinajstić information content (AvgIpc) is 2.47. The molecule has 0 aliphatic heterocycles. The summed E-state index contributed by atoms with van der Waals surface area (Å²) >= 11 is 9.16. The van der Waals surface area contributed by atoms with Crippen LogP contribution in [0.1, 0.15) is 19.4 Å². The first-order valence-electron chi connectivity index (χ1n) is 6.90. The third kappa shape index (κ3) is 5.06. The maximum Gasteiger partial charge on any atom is 0.263 e. The van der Waals surface area contributed by atoms with Gasteiger partial charge in [-0.2, -0.15) is 0 Å². The van der Waals surface area contributed by atoms with Gasteiger partial charge in [0.25, 0.3) is 10.0 Å². The van der Waals surface area contributed by atoms with Gasteiger partial charge in [0, 0.05) is 21.1 Å². The first-order chi connectivity index (χ1) is 10.8. The smallest absolute Gasteiger partial charge is 0.263 e. The van der Waals surface area contributed by atoms with Crippen LogP contribution in [-0.4, -0.2) is 20.3 Å². The molecule has 0 aliphatic carbocycles. The predicted octanol–water partition coefficient (Wildman–Crippen LogP) is 4.24. The van der Waals surface area contributed by atoms with E-state index in [1.165, 1.54) is 24.3 Å². The molecule has 0 unspecified atom stereocenters. The molecule has 0 aliphatic rings. The normalized spacial score (nSPS) is 12.5. The van der Waals surface area contributed by atoms with E-state index in [4.69, 9.17) is 11.6 Å². The van der Waals surface area contributed by atoms with Crippen LogP contribution in [0.15, 0.2) is 62.9 Å². The molecule has 0 bridgehead atoms. The lowest BCUT2D eigenvalue weighted by Gasteiger charge is -2.13. The minimum Gasteiger partial charge on any atom is -0.265 e. The summed E-state index contributed by atoms with van der Waals surface area (Å²) in [7, 11) is -3.73. The highest BCUT2D eigenvalue weighted by atomic mass is 79.9. The summed E-state index contributed by atoms with van der Waals surface area (Å²) in [5.74, 6) is 0.308. The Morgan fingerprint density at radius 2 is 1.65 bits per heavy atom. The van der Waals surface area contributed by atoms with Gasteiger partial charge in [0.15, 0.2) is 0 Å². The Bertz CT molecular complexity index is 801. The number of benzene rings is 2. The van der Waals surface area contributed by atoms with Crippen molar-refractivity contribution in [3.05, 3.63) is 63.6 Å². The van der Waals surface area contributed by atoms with Crippen molar-refractivity contribution in [1.29, 1.82) is 0 Å². The lowest BCUT2D eigenvalue weighted by Crippen LogP contribution is -2.32. The first kappa shape index (κ1) is 18.0. The van der Waals surface area contributed by atoms with Crippen LogP contribution in [0.3, 0.4) is 0 Å². The van der Waals surface area contributed by atoms with Crippen molar-refractivity contribution < 1.29 is 8.42 Å². The van der Waals surface area contributed by atoms with Crippen LogP contribution in [0.5, 0.6) is 0 Å². The number of halogens is 2. The topological polar surface area (TPSA) is 58.5 Å². The molecule has 0 aromatic heterocycles. The number of nitrogens with zero attached hydrogens (tertiary/aromatic N) is 1. The monoisotopic (exact) mass is 414 g/mol. The van der Waals surface area contributed by atoms with Crippen LogP contribution in [0, 0.1) is 0 Å². The van der Waals surface area contributed by atoms with Crippen molar-refractivity contribution in [2.75, 3.05) is 0 Å². The molecule has 2 aromatic rings. The zero-order chi connectivity index (χ0) is 17.0. The molecule has 2 aromatic carbocycles. The van der Waals surface area contributed by atoms with Gasteiger partial charge in [0.05, 0.1) is 4.90 Å². The number of rotatable bonds is 4. The quantitative estimate of drug-likeness (QED) is 0.600. The third-order valence-corrected chi connectivity index (χ3v) is 5.00. The van der Waals surface area contributed by atoms with Gasteiger partial charge >= 0.3 is 0 Å². The summed E-state index contributed by atoms with van der Waals surface area (Å²) < 4.78 is 28.5. The molecule has 0 radical (unpaired) electrons. The second-order valence-electron chi connectivity index (χ2n) is 5.14. The Morgan fingerprint density at radius 1 is 1.09 bits per heavy atom. The van der Waals surface area contributed by atoms with Crippen molar-refractivity contribution >= 4 is 43.4 Å². The zero-order valence-corrected chi connectivity index (χ0v) is 15.8. The van der Waals surface area contributed by atoms with Crippen LogP contribution in [0.25, 0.3) is 0 Å². The highest BCUT2D eigenvalue weighted by molar-refractivity contribution is 9.10. The van der Waals surface area contributed by atoms with Crippen molar-refractivity contribution in [1.82, 2.24) is 4.72 Å². The van der Waals surface area contributed by atoms with Crippen molar-refractivity contribution in [2.24, 2.45) is 4.99 Å². The zero-order valence-electron chi connectivity index (χ0n) is 12.6. The number of amidine groups is 1. The molecule has 0 saturated heterocycles. The molecule has 0 atom stereocenters. The van der Waals surface area contributed by atoms with E-state index in [0.717, 1.165) is 4.47 Å². The van der Waals surface area contributed by atoms with E-state index < -0.39 is 10.0 Å². The molecule has 0 fully saturated rings. The van der Waals surface area contributed by atoms with Gasteiger partial charge < -0.3 is 0 Å². The Labute approximate surface area is 149 Å². The molecular weight excluding hydrogens is 400 g/mol. The number of sulfonamides is 1. The van der Waals surface area contributed by atoms with Gasteiger partial charge in [-0.1, -0.05) is 39.7 Å². The summed E-state index contributed by atoms with van der Waals surface area (Å²) in [6.07, 6.45) is 0. The summed E-state index contributed by atoms with van der Waals surface area (Å²) in [6, 6.07) is 13.2. The SMILES string of the molecule is CC(C)N=C(NS(=O)(=O)c1ccc(Cl)cc1)c1ccc(Br)cc1. The molecule has 0 amide bonds. The van der Waals surface area contributed by atoms with Gasteiger partial charge in [-0.05, 0) is 50.2 Å². The lowest BCUT2D eigenvalue weighted by atomic mass is 10.2. The van der Waals surface area contributed by atoms with Gasteiger partial charge in [0.2, 0.25) is 0 Å². The van der Waals surface area contributed by atoms with E-state index in [1.54, 1.807) is 12.1 Å². The molecule has 0 spiro atoms. The van der Waals surface area contributed by atoms with E-state index in [2.05, 4.69) is 25.6 Å². The summed E-state index contributed by atoms with van der Waals surface area (Å²) in [6.45, 7) is 3.77. The predicted molar refractivity (Wildman–Crippen MR) is 97.6 cm³/mol. The third-order valence-electron chi connectivity index (χ3n) is 2.86. The Balaban J connectivity index is 2.38. The second-order valence-corrected chi connectivity index (χ2v) is 8.17. The molecule has 7 heteroatoms. The van der Waals surface area contributed by atoms with Crippen molar-refractivity contribution in [3.8, 4) is 0 Å². The van der Waals surface area contributed by atoms with Crippen molar-refractivity contribution in [2.45, 2.75) is 24.8 Å². The van der Waals surface area contributed by atoms with Crippen LogP contribution in [0.2, 0.25) is 5.02 Å². The van der Waals surface area contributed by atoms with Crippen molar-refractivity contribution in [3.63, 3.8) is 0 Å². The number of hydrogen-bond donors (Lipinski definition) is 1. The Kier molecular flexibility index (Phi) is 5.84. The minimum absolute atomic E-state index is 0.0541. The molecular formula is C16H16BrClN2O2S. The number of nitrogens with one attached hydrogen (secondary N) is 1. The molecule has 23 heavy (non-hydrogen) atoms. The van der Waals surface area contributed by atoms with E-state index in [0.29, 0.717) is 16.4 Å². The first-order valence-corrected chi connectivity index (χ1v) is 9.55. The number of hydrogen-bond acceptors (Lipinski definition) is 3. The minimum atomic E-state index is -3.73. The lowest BCUT2D eigenvalue weighted by molar-refractivity contribution is 0.592. The van der Waals surface area contributed by atoms with Gasteiger partial charge in [-0.25, -0.2) is 8.42 Å². The van der Waals surface area contributed by atoms with E-state index in [9.17, 15) is 8.42 Å².